The molecule has 0 aliphatic heterocycles. The fourth-order valence-corrected chi connectivity index (χ4v) is 4.27. The average Bonchev–Trinajstić information content (AvgIpc) is 3.55. The molecule has 2 aromatic carbocycles. The number of sulfonamides is 1. The molecular formula is C21H22ClN3O5S. The first-order valence-electron chi connectivity index (χ1n) is 9.52. The summed E-state index contributed by atoms with van der Waals surface area (Å²) in [6.07, 6.45) is 1.71. The number of amides is 1. The number of nitrogens with one attached hydrogen (secondary N) is 2. The maximum absolute atomic E-state index is 12.2. The molecule has 2 N–H and O–H groups in total. The number of carbonyl (C=O) groups is 1. The SMILES string of the molecule is COCCNS(=O)(=O)c1ccc(OCC(=O)Nc2ccc(C3(C#N)CC3)cc2)c(Cl)c1. The number of nitriles is 1. The van der Waals surface area contributed by atoms with Crippen LogP contribution in [0.4, 0.5) is 5.69 Å². The summed E-state index contributed by atoms with van der Waals surface area (Å²) >= 11 is 6.12. The number of ether oxygens (including phenoxy) is 2. The highest BCUT2D eigenvalue weighted by Crippen LogP contribution is 2.47. The molecule has 0 heterocycles. The van der Waals surface area contributed by atoms with Crippen molar-refractivity contribution in [2.45, 2.75) is 23.2 Å². The van der Waals surface area contributed by atoms with E-state index in [-0.39, 0.29) is 40.8 Å². The lowest BCUT2D eigenvalue weighted by molar-refractivity contribution is -0.118. The monoisotopic (exact) mass is 463 g/mol. The number of benzene rings is 2. The molecule has 1 fully saturated rings. The molecule has 31 heavy (non-hydrogen) atoms. The largest absolute Gasteiger partial charge is 0.482 e. The topological polar surface area (TPSA) is 118 Å². The van der Waals surface area contributed by atoms with Crippen LogP contribution in [0.5, 0.6) is 5.75 Å². The van der Waals surface area contributed by atoms with Crippen LogP contribution in [0.25, 0.3) is 0 Å². The maximum atomic E-state index is 12.2. The molecule has 1 aliphatic carbocycles. The Balaban J connectivity index is 1.55. The van der Waals surface area contributed by atoms with Gasteiger partial charge in [-0.15, -0.1) is 0 Å². The predicted molar refractivity (Wildman–Crippen MR) is 116 cm³/mol. The first-order valence-corrected chi connectivity index (χ1v) is 11.4. The number of methoxy groups -OCH3 is 1. The van der Waals surface area contributed by atoms with Crippen LogP contribution in [-0.2, 0) is 25.0 Å². The predicted octanol–water partition coefficient (Wildman–Crippen LogP) is 2.84. The zero-order valence-electron chi connectivity index (χ0n) is 16.9. The summed E-state index contributed by atoms with van der Waals surface area (Å²) in [7, 11) is -2.25. The van der Waals surface area contributed by atoms with E-state index in [2.05, 4.69) is 16.1 Å². The number of rotatable bonds is 10. The van der Waals surface area contributed by atoms with E-state index in [1.165, 1.54) is 25.3 Å². The second-order valence-electron chi connectivity index (χ2n) is 7.09. The summed E-state index contributed by atoms with van der Waals surface area (Å²) in [5, 5.41) is 12.0. The molecule has 0 spiro atoms. The fraction of sp³-hybridized carbons (Fsp3) is 0.333. The number of nitrogens with zero attached hydrogens (tertiary/aromatic N) is 1. The number of hydrogen-bond acceptors (Lipinski definition) is 6. The van der Waals surface area contributed by atoms with Gasteiger partial charge >= 0.3 is 0 Å². The number of halogens is 1. The van der Waals surface area contributed by atoms with Crippen molar-refractivity contribution in [2.75, 3.05) is 32.2 Å². The minimum Gasteiger partial charge on any atom is -0.482 e. The Morgan fingerprint density at radius 3 is 2.52 bits per heavy atom. The number of carbonyl (C=O) groups excluding carboxylic acids is 1. The van der Waals surface area contributed by atoms with Gasteiger partial charge < -0.3 is 14.8 Å². The van der Waals surface area contributed by atoms with E-state index in [4.69, 9.17) is 21.1 Å². The van der Waals surface area contributed by atoms with Crippen molar-refractivity contribution in [1.82, 2.24) is 4.72 Å². The quantitative estimate of drug-likeness (QED) is 0.523. The van der Waals surface area contributed by atoms with Crippen LogP contribution < -0.4 is 14.8 Å². The van der Waals surface area contributed by atoms with Crippen LogP contribution in [0.15, 0.2) is 47.4 Å². The van der Waals surface area contributed by atoms with Crippen LogP contribution in [0.3, 0.4) is 0 Å². The summed E-state index contributed by atoms with van der Waals surface area (Å²) in [5.74, 6) is -0.212. The van der Waals surface area contributed by atoms with E-state index >= 15 is 0 Å². The zero-order chi connectivity index (χ0) is 22.5. The number of hydrogen-bond donors (Lipinski definition) is 2. The van der Waals surface area contributed by atoms with Gasteiger partial charge in [0.15, 0.2) is 6.61 Å². The second kappa shape index (κ2) is 9.66. The van der Waals surface area contributed by atoms with Gasteiger partial charge in [-0.05, 0) is 48.7 Å². The summed E-state index contributed by atoms with van der Waals surface area (Å²) in [5.41, 5.74) is 1.16. The Kier molecular flexibility index (Phi) is 7.18. The standard InChI is InChI=1S/C21H22ClN3O5S/c1-29-11-10-24-31(27,28)17-6-7-19(18(22)12-17)30-13-20(26)25-16-4-2-15(3-5-16)21(14-23)8-9-21/h2-7,12,24H,8-11,13H2,1H3,(H,25,26). The Morgan fingerprint density at radius 1 is 1.23 bits per heavy atom. The molecule has 0 aromatic heterocycles. The molecule has 0 bridgehead atoms. The van der Waals surface area contributed by atoms with E-state index in [0.29, 0.717) is 5.69 Å². The van der Waals surface area contributed by atoms with Gasteiger partial charge in [-0.25, -0.2) is 13.1 Å². The Labute approximate surface area is 186 Å². The van der Waals surface area contributed by atoms with Crippen molar-refractivity contribution < 1.29 is 22.7 Å². The smallest absolute Gasteiger partial charge is 0.262 e. The summed E-state index contributed by atoms with van der Waals surface area (Å²) in [6.45, 7) is 0.0698. The van der Waals surface area contributed by atoms with Crippen molar-refractivity contribution in [3.05, 3.63) is 53.1 Å². The lowest BCUT2D eigenvalue weighted by Crippen LogP contribution is -2.27. The molecule has 0 unspecified atom stereocenters. The number of anilines is 1. The Bertz CT molecular complexity index is 1090. The first-order chi connectivity index (χ1) is 14.8. The molecule has 8 nitrogen and oxygen atoms in total. The molecule has 1 aliphatic rings. The van der Waals surface area contributed by atoms with Crippen LogP contribution in [0, 0.1) is 11.3 Å². The molecule has 1 amide bonds. The highest BCUT2D eigenvalue weighted by molar-refractivity contribution is 7.89. The Hall–Kier alpha value is -2.64. The van der Waals surface area contributed by atoms with Gasteiger partial charge in [-0.2, -0.15) is 5.26 Å². The zero-order valence-corrected chi connectivity index (χ0v) is 18.4. The normalized spacial score (nSPS) is 14.5. The third-order valence-electron chi connectivity index (χ3n) is 4.86. The van der Waals surface area contributed by atoms with Crippen molar-refractivity contribution in [1.29, 1.82) is 5.26 Å². The van der Waals surface area contributed by atoms with Crippen LogP contribution >= 0.6 is 11.6 Å². The third kappa shape index (κ3) is 5.74. The van der Waals surface area contributed by atoms with Gasteiger partial charge in [0.05, 0.1) is 28.0 Å². The molecule has 3 rings (SSSR count). The van der Waals surface area contributed by atoms with E-state index in [1.807, 2.05) is 12.1 Å². The molecule has 0 radical (unpaired) electrons. The molecular weight excluding hydrogens is 442 g/mol. The second-order valence-corrected chi connectivity index (χ2v) is 9.27. The molecule has 0 saturated heterocycles. The molecule has 164 valence electrons. The van der Waals surface area contributed by atoms with Crippen molar-refractivity contribution >= 4 is 33.2 Å². The van der Waals surface area contributed by atoms with Crippen LogP contribution in [-0.4, -0.2) is 41.2 Å². The highest BCUT2D eigenvalue weighted by atomic mass is 35.5. The lowest BCUT2D eigenvalue weighted by Gasteiger charge is -2.12. The maximum Gasteiger partial charge on any atom is 0.262 e. The van der Waals surface area contributed by atoms with Gasteiger partial charge in [0.2, 0.25) is 10.0 Å². The molecule has 1 saturated carbocycles. The first kappa shape index (κ1) is 23.0. The van der Waals surface area contributed by atoms with Crippen LogP contribution in [0.1, 0.15) is 18.4 Å². The average molecular weight is 464 g/mol. The van der Waals surface area contributed by atoms with E-state index < -0.39 is 15.9 Å². The fourth-order valence-electron chi connectivity index (χ4n) is 2.93. The van der Waals surface area contributed by atoms with Gasteiger partial charge in [0.25, 0.3) is 5.91 Å². The molecule has 2 aromatic rings. The minimum absolute atomic E-state index is 0.0173. The van der Waals surface area contributed by atoms with Gasteiger partial charge in [0, 0.05) is 19.3 Å². The van der Waals surface area contributed by atoms with Crippen molar-refractivity contribution in [2.24, 2.45) is 0 Å². The molecule has 0 atom stereocenters. The van der Waals surface area contributed by atoms with E-state index in [0.717, 1.165) is 18.4 Å². The lowest BCUT2D eigenvalue weighted by atomic mass is 9.98. The van der Waals surface area contributed by atoms with E-state index in [9.17, 15) is 18.5 Å². The summed E-state index contributed by atoms with van der Waals surface area (Å²) in [6, 6.07) is 13.5. The molecule has 10 heteroatoms. The third-order valence-corrected chi connectivity index (χ3v) is 6.61. The minimum atomic E-state index is -3.72. The highest BCUT2D eigenvalue weighted by Gasteiger charge is 2.44. The summed E-state index contributed by atoms with van der Waals surface area (Å²) < 4.78 is 37.0. The van der Waals surface area contributed by atoms with Gasteiger partial charge in [-0.1, -0.05) is 23.7 Å². The van der Waals surface area contributed by atoms with Gasteiger partial charge in [-0.3, -0.25) is 4.79 Å². The van der Waals surface area contributed by atoms with E-state index in [1.54, 1.807) is 12.1 Å². The van der Waals surface area contributed by atoms with Crippen LogP contribution in [0.2, 0.25) is 5.02 Å². The summed E-state index contributed by atoms with van der Waals surface area (Å²) in [4.78, 5) is 12.2. The van der Waals surface area contributed by atoms with Crippen molar-refractivity contribution in [3.8, 4) is 11.8 Å². The van der Waals surface area contributed by atoms with Gasteiger partial charge in [0.1, 0.15) is 5.75 Å². The Morgan fingerprint density at radius 2 is 1.94 bits per heavy atom. The van der Waals surface area contributed by atoms with Crippen molar-refractivity contribution in [3.63, 3.8) is 0 Å².